The maximum absolute atomic E-state index is 12.2. The first-order valence-electron chi connectivity index (χ1n) is 6.65. The number of sulfonamides is 1. The number of carbonyl (C=O) groups excluding carboxylic acids is 1. The van der Waals surface area contributed by atoms with Gasteiger partial charge in [-0.15, -0.1) is 4.83 Å². The van der Waals surface area contributed by atoms with Gasteiger partial charge in [0, 0.05) is 16.7 Å². The van der Waals surface area contributed by atoms with Crippen molar-refractivity contribution in [1.29, 1.82) is 0 Å². The lowest BCUT2D eigenvalue weighted by atomic mass is 10.2. The number of ether oxygens (including phenoxy) is 1. The van der Waals surface area contributed by atoms with Gasteiger partial charge in [0.05, 0.1) is 16.9 Å². The number of amides is 1. The monoisotopic (exact) mass is 385 g/mol. The van der Waals surface area contributed by atoms with Crippen LogP contribution in [0.2, 0.25) is 5.02 Å². The predicted molar refractivity (Wildman–Crippen MR) is 88.9 cm³/mol. The van der Waals surface area contributed by atoms with E-state index in [1.165, 1.54) is 25.3 Å². The topological polar surface area (TPSA) is 128 Å². The molecular formula is C14H12ClN3O6S. The third-order valence-corrected chi connectivity index (χ3v) is 4.52. The van der Waals surface area contributed by atoms with Crippen LogP contribution in [0.1, 0.15) is 10.4 Å². The molecule has 0 saturated carbocycles. The lowest BCUT2D eigenvalue weighted by Crippen LogP contribution is -2.41. The van der Waals surface area contributed by atoms with E-state index in [1.54, 1.807) is 6.07 Å². The van der Waals surface area contributed by atoms with Crippen LogP contribution >= 0.6 is 11.6 Å². The van der Waals surface area contributed by atoms with Crippen molar-refractivity contribution >= 4 is 33.2 Å². The van der Waals surface area contributed by atoms with E-state index >= 15 is 0 Å². The van der Waals surface area contributed by atoms with E-state index in [9.17, 15) is 23.3 Å². The van der Waals surface area contributed by atoms with Crippen LogP contribution in [0.4, 0.5) is 5.69 Å². The summed E-state index contributed by atoms with van der Waals surface area (Å²) in [4.78, 5) is 23.6. The van der Waals surface area contributed by atoms with Crippen molar-refractivity contribution in [3.05, 3.63) is 63.2 Å². The highest BCUT2D eigenvalue weighted by atomic mass is 35.5. The minimum Gasteiger partial charge on any atom is -0.490 e. The number of nitro benzene ring substituents is 1. The summed E-state index contributed by atoms with van der Waals surface area (Å²) in [6, 6.07) is 8.95. The number of methoxy groups -OCH3 is 1. The molecule has 0 unspecified atom stereocenters. The van der Waals surface area contributed by atoms with Crippen LogP contribution in [0.5, 0.6) is 5.75 Å². The normalized spacial score (nSPS) is 11.0. The van der Waals surface area contributed by atoms with E-state index in [0.29, 0.717) is 5.02 Å². The molecule has 0 heterocycles. The van der Waals surface area contributed by atoms with E-state index in [-0.39, 0.29) is 11.3 Å². The minimum absolute atomic E-state index is 0.0908. The zero-order chi connectivity index (χ0) is 18.6. The number of nitrogens with one attached hydrogen (secondary N) is 2. The zero-order valence-corrected chi connectivity index (χ0v) is 14.3. The van der Waals surface area contributed by atoms with Crippen molar-refractivity contribution in [2.75, 3.05) is 7.11 Å². The first-order valence-corrected chi connectivity index (χ1v) is 8.51. The molecule has 2 rings (SSSR count). The van der Waals surface area contributed by atoms with Gasteiger partial charge >= 0.3 is 5.69 Å². The van der Waals surface area contributed by atoms with Gasteiger partial charge in [-0.05, 0) is 30.3 Å². The highest BCUT2D eigenvalue weighted by molar-refractivity contribution is 7.89. The van der Waals surface area contributed by atoms with Gasteiger partial charge in [0.15, 0.2) is 5.75 Å². The molecule has 2 N–H and O–H groups in total. The minimum atomic E-state index is -4.23. The van der Waals surface area contributed by atoms with Gasteiger partial charge < -0.3 is 4.74 Å². The predicted octanol–water partition coefficient (Wildman–Crippen LogP) is 1.88. The number of hydrogen-bond donors (Lipinski definition) is 2. The van der Waals surface area contributed by atoms with Crippen molar-refractivity contribution in [2.24, 2.45) is 0 Å². The van der Waals surface area contributed by atoms with Crippen molar-refractivity contribution in [1.82, 2.24) is 10.3 Å². The third kappa shape index (κ3) is 4.44. The van der Waals surface area contributed by atoms with Crippen LogP contribution in [-0.2, 0) is 10.0 Å². The summed E-state index contributed by atoms with van der Waals surface area (Å²) >= 11 is 5.76. The van der Waals surface area contributed by atoms with E-state index in [1.807, 2.05) is 10.3 Å². The van der Waals surface area contributed by atoms with E-state index in [0.717, 1.165) is 18.2 Å². The fourth-order valence-corrected chi connectivity index (χ4v) is 2.90. The quantitative estimate of drug-likeness (QED) is 0.577. The SMILES string of the molecule is COc1ccc(S(=O)(=O)NNC(=O)c2cccc(Cl)c2)cc1[N+](=O)[O-]. The van der Waals surface area contributed by atoms with Crippen molar-refractivity contribution in [2.45, 2.75) is 4.90 Å². The Bertz CT molecular complexity index is 932. The van der Waals surface area contributed by atoms with Gasteiger partial charge in [-0.2, -0.15) is 0 Å². The Morgan fingerprint density at radius 1 is 1.24 bits per heavy atom. The van der Waals surface area contributed by atoms with E-state index in [2.05, 4.69) is 0 Å². The van der Waals surface area contributed by atoms with Crippen LogP contribution in [0.25, 0.3) is 0 Å². The van der Waals surface area contributed by atoms with Gasteiger partial charge in [-0.3, -0.25) is 20.3 Å². The number of nitro groups is 1. The van der Waals surface area contributed by atoms with Gasteiger partial charge in [-0.25, -0.2) is 8.42 Å². The molecule has 0 radical (unpaired) electrons. The first kappa shape index (κ1) is 18.6. The molecule has 0 aliphatic carbocycles. The molecule has 0 spiro atoms. The Morgan fingerprint density at radius 3 is 2.56 bits per heavy atom. The summed E-state index contributed by atoms with van der Waals surface area (Å²) in [6.45, 7) is 0. The summed E-state index contributed by atoms with van der Waals surface area (Å²) < 4.78 is 29.2. The number of halogens is 1. The standard InChI is InChI=1S/C14H12ClN3O6S/c1-24-13-6-5-11(8-12(13)18(20)21)25(22,23)17-16-14(19)9-3-2-4-10(15)7-9/h2-8,17H,1H3,(H,16,19). The summed E-state index contributed by atoms with van der Waals surface area (Å²) in [5.41, 5.74) is 1.62. The Labute approximate surface area is 147 Å². The molecule has 0 aromatic heterocycles. The number of benzene rings is 2. The van der Waals surface area contributed by atoms with E-state index < -0.39 is 31.4 Å². The molecule has 0 fully saturated rings. The molecule has 0 aliphatic rings. The average molecular weight is 386 g/mol. The molecular weight excluding hydrogens is 374 g/mol. The number of nitrogens with zero attached hydrogens (tertiary/aromatic N) is 1. The summed E-state index contributed by atoms with van der Waals surface area (Å²) in [7, 11) is -3.01. The first-order chi connectivity index (χ1) is 11.7. The highest BCUT2D eigenvalue weighted by Gasteiger charge is 2.22. The van der Waals surface area contributed by atoms with Crippen LogP contribution in [0, 0.1) is 10.1 Å². The number of hydrazine groups is 1. The number of hydrogen-bond acceptors (Lipinski definition) is 6. The van der Waals surface area contributed by atoms with Crippen molar-refractivity contribution < 1.29 is 22.9 Å². The molecule has 11 heteroatoms. The summed E-state index contributed by atoms with van der Waals surface area (Å²) in [5.74, 6) is -0.832. The smallest absolute Gasteiger partial charge is 0.312 e. The Hall–Kier alpha value is -2.69. The second-order valence-corrected chi connectivity index (χ2v) is 6.78. The molecule has 0 atom stereocenters. The van der Waals surface area contributed by atoms with Gasteiger partial charge in [-0.1, -0.05) is 17.7 Å². The molecule has 132 valence electrons. The maximum atomic E-state index is 12.2. The van der Waals surface area contributed by atoms with Crippen LogP contribution in [0.3, 0.4) is 0 Å². The molecule has 2 aromatic carbocycles. The van der Waals surface area contributed by atoms with Crippen LogP contribution in [0.15, 0.2) is 47.4 Å². The molecule has 0 bridgehead atoms. The zero-order valence-electron chi connectivity index (χ0n) is 12.7. The van der Waals surface area contributed by atoms with Crippen LogP contribution in [-0.4, -0.2) is 26.4 Å². The molecule has 9 nitrogen and oxygen atoms in total. The fourth-order valence-electron chi connectivity index (χ4n) is 1.85. The van der Waals surface area contributed by atoms with E-state index in [4.69, 9.17) is 16.3 Å². The lowest BCUT2D eigenvalue weighted by molar-refractivity contribution is -0.386. The Balaban J connectivity index is 2.20. The molecule has 25 heavy (non-hydrogen) atoms. The Morgan fingerprint density at radius 2 is 1.96 bits per heavy atom. The molecule has 2 aromatic rings. The molecule has 1 amide bonds. The average Bonchev–Trinajstić information content (AvgIpc) is 2.59. The number of rotatable bonds is 6. The second-order valence-electron chi connectivity index (χ2n) is 4.66. The maximum Gasteiger partial charge on any atom is 0.312 e. The highest BCUT2D eigenvalue weighted by Crippen LogP contribution is 2.29. The Kier molecular flexibility index (Phi) is 5.57. The second kappa shape index (κ2) is 7.47. The summed E-state index contributed by atoms with van der Waals surface area (Å²) in [5, 5.41) is 11.3. The number of carbonyl (C=O) groups is 1. The van der Waals surface area contributed by atoms with Crippen LogP contribution < -0.4 is 15.0 Å². The van der Waals surface area contributed by atoms with Crippen molar-refractivity contribution in [3.63, 3.8) is 0 Å². The largest absolute Gasteiger partial charge is 0.490 e. The summed E-state index contributed by atoms with van der Waals surface area (Å²) in [6.07, 6.45) is 0. The molecule has 0 saturated heterocycles. The lowest BCUT2D eigenvalue weighted by Gasteiger charge is -2.09. The van der Waals surface area contributed by atoms with Gasteiger partial charge in [0.2, 0.25) is 0 Å². The van der Waals surface area contributed by atoms with Gasteiger partial charge in [0.25, 0.3) is 15.9 Å². The molecule has 0 aliphatic heterocycles. The van der Waals surface area contributed by atoms with Crippen molar-refractivity contribution in [3.8, 4) is 5.75 Å². The fraction of sp³-hybridized carbons (Fsp3) is 0.0714. The van der Waals surface area contributed by atoms with Gasteiger partial charge in [0.1, 0.15) is 0 Å². The third-order valence-electron chi connectivity index (χ3n) is 3.04.